The van der Waals surface area contributed by atoms with Gasteiger partial charge in [-0.2, -0.15) is 0 Å². The number of carbonyl (C=O) groups is 8. The maximum absolute atomic E-state index is 14.8. The van der Waals surface area contributed by atoms with Crippen molar-refractivity contribution < 1.29 is 67.1 Å². The fraction of sp³-hybridized carbons (Fsp3) is 0.333. The maximum Gasteiger partial charge on any atom is 0.416 e. The van der Waals surface area contributed by atoms with Gasteiger partial charge in [-0.3, -0.25) is 48.4 Å². The number of unbranched alkanes of at least 4 members (excludes halogenated alkanes) is 2. The average Bonchev–Trinajstić information content (AvgIpc) is 1.58. The Kier molecular flexibility index (Phi) is 19.1. The van der Waals surface area contributed by atoms with E-state index in [0.717, 1.165) is 26.5 Å². The number of nitrogens with one attached hydrogen (secondary N) is 3. The molecule has 0 bridgehead atoms. The summed E-state index contributed by atoms with van der Waals surface area (Å²) >= 11 is 0. The summed E-state index contributed by atoms with van der Waals surface area (Å²) in [5, 5.41) is 20.6. The lowest BCUT2D eigenvalue weighted by Gasteiger charge is -2.39. The first-order chi connectivity index (χ1) is 44.4. The van der Waals surface area contributed by atoms with E-state index in [4.69, 9.17) is 33.7 Å². The lowest BCUT2D eigenvalue weighted by Crippen LogP contribution is -2.55. The molecular formula is C69H71N9O14. The molecule has 92 heavy (non-hydrogen) atoms. The van der Waals surface area contributed by atoms with E-state index in [9.17, 15) is 43.5 Å². The number of nitrogens with zero attached hydrogens (tertiary/aromatic N) is 6. The zero-order valence-corrected chi connectivity index (χ0v) is 51.6. The van der Waals surface area contributed by atoms with Crippen LogP contribution in [0.25, 0.3) is 0 Å². The fourth-order valence-electron chi connectivity index (χ4n) is 11.9. The van der Waals surface area contributed by atoms with Crippen molar-refractivity contribution in [3.8, 4) is 23.0 Å². The number of aromatic nitrogens is 1. The molecule has 8 amide bonds. The molecule has 11 rings (SSSR count). The van der Waals surface area contributed by atoms with Gasteiger partial charge in [0.2, 0.25) is 17.7 Å². The van der Waals surface area contributed by atoms with E-state index in [1.165, 1.54) is 51.0 Å². The van der Waals surface area contributed by atoms with Gasteiger partial charge in [0.05, 0.1) is 60.2 Å². The second-order valence-corrected chi connectivity index (χ2v) is 23.5. The Morgan fingerprint density at radius 3 is 1.90 bits per heavy atom. The molecule has 1 unspecified atom stereocenters. The van der Waals surface area contributed by atoms with Crippen LogP contribution in [-0.2, 0) is 74.5 Å². The van der Waals surface area contributed by atoms with E-state index < -0.39 is 48.2 Å². The van der Waals surface area contributed by atoms with E-state index in [-0.39, 0.29) is 104 Å². The first-order valence-electron chi connectivity index (χ1n) is 30.6. The van der Waals surface area contributed by atoms with Crippen LogP contribution in [0, 0.1) is 5.92 Å². The van der Waals surface area contributed by atoms with Crippen LogP contribution in [0.2, 0.25) is 0 Å². The number of imide groups is 1. The normalized spacial score (nSPS) is 17.6. The molecule has 5 aliphatic heterocycles. The Bertz CT molecular complexity index is 3910. The summed E-state index contributed by atoms with van der Waals surface area (Å²) in [4.78, 5) is 122. The number of fused-ring (bicyclic) bond motifs is 6. The van der Waals surface area contributed by atoms with Crippen LogP contribution in [0.15, 0.2) is 132 Å². The summed E-state index contributed by atoms with van der Waals surface area (Å²) in [6.07, 6.45) is 4.32. The number of anilines is 2. The van der Waals surface area contributed by atoms with Gasteiger partial charge >= 0.3 is 6.09 Å². The minimum absolute atomic E-state index is 0.0111. The number of ether oxygens (including phenoxy) is 5. The number of aliphatic hydroxyl groups is 1. The van der Waals surface area contributed by atoms with Crippen LogP contribution in [0.3, 0.4) is 0 Å². The van der Waals surface area contributed by atoms with Gasteiger partial charge in [-0.15, -0.1) is 0 Å². The molecule has 0 saturated carbocycles. The Morgan fingerprint density at radius 2 is 1.25 bits per heavy atom. The highest BCUT2D eigenvalue weighted by molar-refractivity contribution is 6.13. The van der Waals surface area contributed by atoms with E-state index >= 15 is 0 Å². The third-order valence-corrected chi connectivity index (χ3v) is 17.0. The van der Waals surface area contributed by atoms with Crippen molar-refractivity contribution in [2.75, 3.05) is 31.0 Å². The third-order valence-electron chi connectivity index (χ3n) is 17.0. The minimum Gasteiger partial charge on any atom is -0.493 e. The lowest BCUT2D eigenvalue weighted by molar-refractivity contribution is -0.137. The molecule has 0 fully saturated rings. The number of aliphatic imine (C=N–C) groups is 1. The smallest absolute Gasteiger partial charge is 0.416 e. The molecule has 4 N–H and O–H groups in total. The SMILES string of the molecule is COc1cc2c(cc1OCc1cccc(COc3cc4c(cc3OC)C(=O)N3Cc5ccccc5C[C@H]3C(O)N4C(=O)OCc3ccc(NC(=O)[C@H](C)NC(=O)[C@@H](NC(=O)CCCCCN4C(=O)C=CC4=O)C(C)C)cc3)n1)N=C[C@@H]1Cc3ccccc3CN1C2=O. The Morgan fingerprint density at radius 1 is 0.641 bits per heavy atom. The van der Waals surface area contributed by atoms with Gasteiger partial charge in [0.15, 0.2) is 29.2 Å². The number of hydrogen-bond acceptors (Lipinski definition) is 16. The Hall–Kier alpha value is -10.4. The van der Waals surface area contributed by atoms with E-state index in [2.05, 4.69) is 22.0 Å². The monoisotopic (exact) mass is 1250 g/mol. The average molecular weight is 1250 g/mol. The number of amides is 8. The Labute approximate surface area is 531 Å². The molecule has 0 spiro atoms. The number of pyridine rings is 1. The van der Waals surface area contributed by atoms with Gasteiger partial charge < -0.3 is 54.5 Å². The van der Waals surface area contributed by atoms with Gasteiger partial charge in [0.25, 0.3) is 23.6 Å². The highest BCUT2D eigenvalue weighted by Gasteiger charge is 2.46. The molecule has 476 valence electrons. The van der Waals surface area contributed by atoms with Crippen LogP contribution in [0.5, 0.6) is 23.0 Å². The van der Waals surface area contributed by atoms with Crippen LogP contribution >= 0.6 is 0 Å². The van der Waals surface area contributed by atoms with Crippen molar-refractivity contribution in [3.05, 3.63) is 178 Å². The minimum atomic E-state index is -1.60. The first kappa shape index (κ1) is 63.2. The van der Waals surface area contributed by atoms with Crippen molar-refractivity contribution in [2.45, 2.75) is 123 Å². The number of carbonyl (C=O) groups excluding carboxylic acids is 8. The molecule has 0 aliphatic carbocycles. The predicted octanol–water partition coefficient (Wildman–Crippen LogP) is 7.65. The summed E-state index contributed by atoms with van der Waals surface area (Å²) in [6, 6.07) is 30.8. The molecule has 5 aromatic carbocycles. The summed E-state index contributed by atoms with van der Waals surface area (Å²) < 4.78 is 30.1. The molecule has 23 heteroatoms. The first-order valence-corrected chi connectivity index (χ1v) is 30.6. The fourth-order valence-corrected chi connectivity index (χ4v) is 11.9. The molecule has 5 aliphatic rings. The van der Waals surface area contributed by atoms with Crippen LogP contribution in [0.4, 0.5) is 21.9 Å². The van der Waals surface area contributed by atoms with Crippen molar-refractivity contribution >= 4 is 70.7 Å². The maximum atomic E-state index is 14.8. The largest absolute Gasteiger partial charge is 0.493 e. The number of methoxy groups -OCH3 is 2. The van der Waals surface area contributed by atoms with Crippen LogP contribution < -0.4 is 39.8 Å². The highest BCUT2D eigenvalue weighted by atomic mass is 16.6. The van der Waals surface area contributed by atoms with Gasteiger partial charge in [-0.1, -0.05) is 87.0 Å². The molecule has 23 nitrogen and oxygen atoms in total. The van der Waals surface area contributed by atoms with Crippen molar-refractivity contribution in [3.63, 3.8) is 0 Å². The van der Waals surface area contributed by atoms with E-state index in [1.807, 2.05) is 53.6 Å². The van der Waals surface area contributed by atoms with Crippen molar-refractivity contribution in [1.82, 2.24) is 30.3 Å². The zero-order chi connectivity index (χ0) is 64.7. The number of aliphatic hydroxyl groups excluding tert-OH is 1. The van der Waals surface area contributed by atoms with E-state index in [0.29, 0.717) is 77.6 Å². The van der Waals surface area contributed by atoms with Crippen LogP contribution in [0.1, 0.15) is 106 Å². The predicted molar refractivity (Wildman–Crippen MR) is 337 cm³/mol. The molecular weight excluding hydrogens is 1180 g/mol. The summed E-state index contributed by atoms with van der Waals surface area (Å²) in [7, 11) is 2.93. The molecule has 6 aromatic rings. The second kappa shape index (κ2) is 27.8. The lowest BCUT2D eigenvalue weighted by atomic mass is 9.93. The van der Waals surface area contributed by atoms with Crippen LogP contribution in [-0.4, -0.2) is 130 Å². The number of rotatable bonds is 22. The number of benzene rings is 5. The van der Waals surface area contributed by atoms with Gasteiger partial charge in [-0.25, -0.2) is 9.69 Å². The summed E-state index contributed by atoms with van der Waals surface area (Å²) in [5.41, 5.74) is 6.94. The molecule has 0 radical (unpaired) electrons. The molecule has 0 saturated heterocycles. The van der Waals surface area contributed by atoms with Crippen molar-refractivity contribution in [2.24, 2.45) is 10.9 Å². The quantitative estimate of drug-likeness (QED) is 0.0375. The second-order valence-electron chi connectivity index (χ2n) is 23.5. The van der Waals surface area contributed by atoms with Gasteiger partial charge in [0.1, 0.15) is 31.9 Å². The summed E-state index contributed by atoms with van der Waals surface area (Å²) in [5.74, 6) is -2.03. The standard InChI is InChI=1S/C69H71N9O14/c1-40(2)63(74-60(79)20-7-6-12-27-75-61(80)25-26-62(75)81)65(83)71-41(3)64(82)73-47-23-21-42(22-24-47)37-92-69(87)78-54-33-59(57(89-5)31-52(54)67(85)77-36-46-17-11-9-15-44(46)29-55(77)68(78)86)91-39-49-19-13-18-48(72-49)38-90-58-32-53-51(30-56(58)88-4)66(84)76-35-45-16-10-8-14-43(45)28-50(76)34-70-53/h8-11,13-19,21-26,30-34,40-41,50,55,63,68,86H,6-7,12,20,27-29,35-39H2,1-5H3,(H,71,83)(H,73,82)(H,74,79)/t41-,50-,55-,63-,68?/m0/s1. The Balaban J connectivity index is 0.733. The van der Waals surface area contributed by atoms with Gasteiger partial charge in [-0.05, 0) is 103 Å². The van der Waals surface area contributed by atoms with Gasteiger partial charge in [0, 0.05) is 62.2 Å². The molecule has 6 heterocycles. The summed E-state index contributed by atoms with van der Waals surface area (Å²) in [6.45, 7) is 5.58. The zero-order valence-electron chi connectivity index (χ0n) is 51.6. The molecule has 1 aromatic heterocycles. The highest BCUT2D eigenvalue weighted by Crippen LogP contribution is 2.43. The number of hydrogen-bond donors (Lipinski definition) is 4. The third kappa shape index (κ3) is 13.8. The topological polar surface area (TPSA) is 277 Å². The molecule has 5 atom stereocenters. The van der Waals surface area contributed by atoms with Crippen molar-refractivity contribution in [1.29, 1.82) is 0 Å². The van der Waals surface area contributed by atoms with E-state index in [1.54, 1.807) is 73.3 Å².